The first kappa shape index (κ1) is 33.9. The molecule has 0 radical (unpaired) electrons. The van der Waals surface area contributed by atoms with E-state index in [0.29, 0.717) is 0 Å². The first-order valence-corrected chi connectivity index (χ1v) is 21.1. The quantitative estimate of drug-likeness (QED) is 0.170. The lowest BCUT2D eigenvalue weighted by molar-refractivity contribution is 0.544. The number of aromatic nitrogens is 1. The molecule has 0 fully saturated rings. The SMILES string of the molecule is CC1(C)C2=C(C=CC(n3c4ccc(-c5ccc6c(c5)C(C)(C)c5ccccc5-6)cc4c4cc(-c5ccc6c(c5)C(C)(C)c5ccccc5-6)ccc43)C2)c2ccccc21. The summed E-state index contributed by atoms with van der Waals surface area (Å²) in [4.78, 5) is 0. The van der Waals surface area contributed by atoms with Crippen LogP contribution in [0.5, 0.6) is 0 Å². The molecule has 0 N–H and O–H groups in total. The molecule has 0 bridgehead atoms. The van der Waals surface area contributed by atoms with E-state index in [-0.39, 0.29) is 22.3 Å². The number of hydrogen-bond acceptors (Lipinski definition) is 0. The molecular formula is C57H47N. The topological polar surface area (TPSA) is 4.93 Å². The molecule has 1 nitrogen and oxygen atoms in total. The minimum Gasteiger partial charge on any atom is -0.333 e. The number of fused-ring (bicyclic) bond motifs is 11. The van der Waals surface area contributed by atoms with Crippen molar-refractivity contribution in [3.05, 3.63) is 197 Å². The molecule has 0 amide bonds. The first-order chi connectivity index (χ1) is 28.0. The largest absolute Gasteiger partial charge is 0.333 e. The van der Waals surface area contributed by atoms with Gasteiger partial charge in [0.2, 0.25) is 0 Å². The van der Waals surface area contributed by atoms with Crippen LogP contribution in [0, 0.1) is 0 Å². The minimum absolute atomic E-state index is 0.00392. The van der Waals surface area contributed by atoms with Crippen LogP contribution < -0.4 is 0 Å². The van der Waals surface area contributed by atoms with Gasteiger partial charge in [-0.1, -0.05) is 163 Å². The normalized spacial score (nSPS) is 18.6. The Morgan fingerprint density at radius 1 is 0.414 bits per heavy atom. The average molecular weight is 746 g/mol. The summed E-state index contributed by atoms with van der Waals surface area (Å²) >= 11 is 0. The van der Waals surface area contributed by atoms with Crippen LogP contribution in [0.25, 0.3) is 71.9 Å². The monoisotopic (exact) mass is 745 g/mol. The zero-order chi connectivity index (χ0) is 39.3. The summed E-state index contributed by atoms with van der Waals surface area (Å²) in [6, 6.07) is 55.9. The Labute approximate surface area is 342 Å². The molecule has 4 aliphatic carbocycles. The van der Waals surface area contributed by atoms with Crippen LogP contribution in [0.3, 0.4) is 0 Å². The Morgan fingerprint density at radius 3 is 1.34 bits per heavy atom. The molecule has 7 aromatic carbocycles. The summed E-state index contributed by atoms with van der Waals surface area (Å²) in [5, 5.41) is 2.63. The first-order valence-electron chi connectivity index (χ1n) is 21.1. The van der Waals surface area contributed by atoms with E-state index < -0.39 is 0 Å². The second kappa shape index (κ2) is 11.5. The van der Waals surface area contributed by atoms with Crippen molar-refractivity contribution < 1.29 is 0 Å². The van der Waals surface area contributed by atoms with Crippen molar-refractivity contribution in [2.45, 2.75) is 70.3 Å². The highest BCUT2D eigenvalue weighted by molar-refractivity contribution is 6.11. The van der Waals surface area contributed by atoms with Gasteiger partial charge in [-0.05, 0) is 132 Å². The fraction of sp³-hybridized carbons (Fsp3) is 0.193. The standard InChI is InChI=1S/C57H47N/c1-55(2)47-16-10-7-13-39(47)42-24-19-36(31-50(42)55)34-21-27-53-45(29-34)46-30-35(37-20-25-43-40-14-8-11-17-48(40)56(3,4)51(43)32-37)22-28-54(46)58(53)38-23-26-44-41-15-9-12-18-49(41)57(5,6)52(44)33-38/h7-32,38H,33H2,1-6H3. The van der Waals surface area contributed by atoms with Crippen molar-refractivity contribution in [2.24, 2.45) is 0 Å². The van der Waals surface area contributed by atoms with E-state index in [4.69, 9.17) is 0 Å². The Kier molecular flexibility index (Phi) is 6.71. The zero-order valence-electron chi connectivity index (χ0n) is 34.2. The van der Waals surface area contributed by atoms with Gasteiger partial charge >= 0.3 is 0 Å². The molecule has 4 aliphatic rings. The number of hydrogen-bond donors (Lipinski definition) is 0. The maximum absolute atomic E-state index is 2.64. The van der Waals surface area contributed by atoms with Crippen molar-refractivity contribution in [1.29, 1.82) is 0 Å². The molecule has 0 aliphatic heterocycles. The Hall–Kier alpha value is -6.18. The van der Waals surface area contributed by atoms with E-state index in [1.165, 1.54) is 105 Å². The molecule has 1 unspecified atom stereocenters. The van der Waals surface area contributed by atoms with E-state index in [0.717, 1.165) is 6.42 Å². The molecule has 58 heavy (non-hydrogen) atoms. The smallest absolute Gasteiger partial charge is 0.0563 e. The van der Waals surface area contributed by atoms with Crippen LogP contribution in [-0.2, 0) is 16.2 Å². The van der Waals surface area contributed by atoms with Gasteiger partial charge < -0.3 is 4.57 Å². The van der Waals surface area contributed by atoms with Crippen molar-refractivity contribution in [2.75, 3.05) is 0 Å². The Bertz CT molecular complexity index is 3010. The molecule has 1 heteroatoms. The van der Waals surface area contributed by atoms with Crippen LogP contribution in [0.1, 0.15) is 87.4 Å². The third-order valence-electron chi connectivity index (χ3n) is 14.8. The van der Waals surface area contributed by atoms with Gasteiger partial charge in [0.25, 0.3) is 0 Å². The fourth-order valence-electron chi connectivity index (χ4n) is 11.7. The summed E-state index contributed by atoms with van der Waals surface area (Å²) in [6.07, 6.45) is 5.89. The number of allylic oxidation sites excluding steroid dienone is 4. The lowest BCUT2D eigenvalue weighted by Crippen LogP contribution is -2.21. The summed E-state index contributed by atoms with van der Waals surface area (Å²) in [5.74, 6) is 0. The molecule has 1 atom stereocenters. The molecule has 0 spiro atoms. The third-order valence-corrected chi connectivity index (χ3v) is 14.8. The number of nitrogens with zero attached hydrogens (tertiary/aromatic N) is 1. The van der Waals surface area contributed by atoms with Crippen LogP contribution in [0.2, 0.25) is 0 Å². The van der Waals surface area contributed by atoms with Gasteiger partial charge in [-0.2, -0.15) is 0 Å². The zero-order valence-corrected chi connectivity index (χ0v) is 34.2. The third kappa shape index (κ3) is 4.42. The molecule has 0 saturated carbocycles. The fourth-order valence-corrected chi connectivity index (χ4v) is 11.7. The lowest BCUT2D eigenvalue weighted by Gasteiger charge is -2.30. The molecule has 1 aromatic heterocycles. The van der Waals surface area contributed by atoms with Gasteiger partial charge in [0.15, 0.2) is 0 Å². The van der Waals surface area contributed by atoms with E-state index in [1.807, 2.05) is 0 Å². The Morgan fingerprint density at radius 2 is 0.828 bits per heavy atom. The summed E-state index contributed by atoms with van der Waals surface area (Å²) in [7, 11) is 0. The molecule has 0 saturated heterocycles. The van der Waals surface area contributed by atoms with Gasteiger partial charge in [0.1, 0.15) is 0 Å². The second-order valence-electron chi connectivity index (χ2n) is 18.9. The molecule has 1 heterocycles. The van der Waals surface area contributed by atoms with Gasteiger partial charge in [0, 0.05) is 38.1 Å². The van der Waals surface area contributed by atoms with Crippen molar-refractivity contribution in [1.82, 2.24) is 4.57 Å². The molecular weight excluding hydrogens is 699 g/mol. The Balaban J connectivity index is 1.02. The van der Waals surface area contributed by atoms with E-state index in [1.54, 1.807) is 5.57 Å². The van der Waals surface area contributed by atoms with Crippen LogP contribution in [-0.4, -0.2) is 4.57 Å². The van der Waals surface area contributed by atoms with E-state index >= 15 is 0 Å². The molecule has 280 valence electrons. The highest BCUT2D eigenvalue weighted by Crippen LogP contribution is 2.54. The number of benzene rings is 7. The minimum atomic E-state index is -0.0444. The van der Waals surface area contributed by atoms with Gasteiger partial charge in [-0.3, -0.25) is 0 Å². The van der Waals surface area contributed by atoms with Crippen LogP contribution in [0.15, 0.2) is 163 Å². The van der Waals surface area contributed by atoms with Gasteiger partial charge in [-0.15, -0.1) is 0 Å². The van der Waals surface area contributed by atoms with E-state index in [9.17, 15) is 0 Å². The maximum Gasteiger partial charge on any atom is 0.0563 e. The van der Waals surface area contributed by atoms with Crippen molar-refractivity contribution in [3.8, 4) is 44.5 Å². The highest BCUT2D eigenvalue weighted by atomic mass is 15.0. The van der Waals surface area contributed by atoms with Crippen LogP contribution in [0.4, 0.5) is 0 Å². The average Bonchev–Trinajstić information content (AvgIpc) is 3.86. The molecule has 8 aromatic rings. The maximum atomic E-state index is 2.64. The predicted octanol–water partition coefficient (Wildman–Crippen LogP) is 15.0. The van der Waals surface area contributed by atoms with Gasteiger partial charge in [0.05, 0.1) is 6.04 Å². The summed E-state index contributed by atoms with van der Waals surface area (Å²) in [5.41, 5.74) is 24.5. The van der Waals surface area contributed by atoms with Crippen molar-refractivity contribution in [3.63, 3.8) is 0 Å². The lowest BCUT2D eigenvalue weighted by atomic mass is 9.77. The highest BCUT2D eigenvalue weighted by Gasteiger charge is 2.40. The molecule has 12 rings (SSSR count). The van der Waals surface area contributed by atoms with Gasteiger partial charge in [-0.25, -0.2) is 0 Å². The van der Waals surface area contributed by atoms with E-state index in [2.05, 4.69) is 204 Å². The predicted molar refractivity (Wildman–Crippen MR) is 245 cm³/mol. The summed E-state index contributed by atoms with van der Waals surface area (Å²) < 4.78 is 2.64. The number of rotatable bonds is 3. The summed E-state index contributed by atoms with van der Waals surface area (Å²) in [6.45, 7) is 14.3. The van der Waals surface area contributed by atoms with Crippen molar-refractivity contribution >= 4 is 27.4 Å². The second-order valence-corrected chi connectivity index (χ2v) is 18.9. The van der Waals surface area contributed by atoms with Crippen LogP contribution >= 0.6 is 0 Å².